The number of nitrogens with zero attached hydrogens (tertiary/aromatic N) is 1. The van der Waals surface area contributed by atoms with Crippen LogP contribution in [0.5, 0.6) is 11.5 Å². The number of hydrogen-bond donors (Lipinski definition) is 0. The molecule has 7 heteroatoms. The van der Waals surface area contributed by atoms with Crippen molar-refractivity contribution in [1.29, 1.82) is 0 Å². The van der Waals surface area contributed by atoms with Crippen molar-refractivity contribution in [3.8, 4) is 11.5 Å². The van der Waals surface area contributed by atoms with E-state index >= 15 is 0 Å². The molecule has 1 amide bonds. The third-order valence-electron chi connectivity index (χ3n) is 5.40. The summed E-state index contributed by atoms with van der Waals surface area (Å²) >= 11 is 0. The van der Waals surface area contributed by atoms with E-state index in [2.05, 4.69) is 0 Å². The second-order valence-corrected chi connectivity index (χ2v) is 7.26. The first kappa shape index (κ1) is 21.4. The van der Waals surface area contributed by atoms with Crippen molar-refractivity contribution in [2.45, 2.75) is 6.29 Å². The van der Waals surface area contributed by atoms with Gasteiger partial charge >= 0.3 is 0 Å². The SMILES string of the molecule is COc1ccc(/C(=C\C(=O)N2CCOCC2)c2ccc(C3OCCO3)cc2)cc1OC. The lowest BCUT2D eigenvalue weighted by molar-refractivity contribution is -0.129. The summed E-state index contributed by atoms with van der Waals surface area (Å²) in [5.74, 6) is 1.20. The number of hydrogen-bond acceptors (Lipinski definition) is 6. The van der Waals surface area contributed by atoms with Crippen LogP contribution in [0.15, 0.2) is 48.5 Å². The van der Waals surface area contributed by atoms with Gasteiger partial charge in [-0.2, -0.15) is 0 Å². The summed E-state index contributed by atoms with van der Waals surface area (Å²) in [4.78, 5) is 14.8. The summed E-state index contributed by atoms with van der Waals surface area (Å²) in [6.45, 7) is 3.48. The van der Waals surface area contributed by atoms with Gasteiger partial charge < -0.3 is 28.6 Å². The highest BCUT2D eigenvalue weighted by Gasteiger charge is 2.20. The number of amides is 1. The number of carbonyl (C=O) groups is 1. The molecule has 2 aromatic carbocycles. The number of methoxy groups -OCH3 is 2. The molecule has 4 rings (SSSR count). The van der Waals surface area contributed by atoms with Crippen LogP contribution in [-0.4, -0.2) is 64.5 Å². The van der Waals surface area contributed by atoms with Gasteiger partial charge in [-0.3, -0.25) is 4.79 Å². The Labute approximate surface area is 182 Å². The van der Waals surface area contributed by atoms with E-state index in [0.717, 1.165) is 22.3 Å². The lowest BCUT2D eigenvalue weighted by Crippen LogP contribution is -2.39. The molecular weight excluding hydrogens is 398 g/mol. The van der Waals surface area contributed by atoms with Gasteiger partial charge in [0.15, 0.2) is 17.8 Å². The molecule has 2 fully saturated rings. The molecule has 0 saturated carbocycles. The molecule has 0 unspecified atom stereocenters. The standard InChI is InChI=1S/C24H27NO6/c1-27-21-8-7-19(15-22(21)28-2)20(16-23(26)25-9-11-29-12-10-25)17-3-5-18(6-4-17)24-30-13-14-31-24/h3-8,15-16,24H,9-14H2,1-2H3/b20-16-. The van der Waals surface area contributed by atoms with Gasteiger partial charge in [-0.1, -0.05) is 30.3 Å². The van der Waals surface area contributed by atoms with Crippen LogP contribution in [0.3, 0.4) is 0 Å². The van der Waals surface area contributed by atoms with Crippen molar-refractivity contribution < 1.29 is 28.5 Å². The zero-order chi connectivity index (χ0) is 21.6. The normalized spacial score (nSPS) is 17.6. The molecule has 2 aliphatic heterocycles. The molecule has 2 aliphatic rings. The largest absolute Gasteiger partial charge is 0.493 e. The summed E-state index contributed by atoms with van der Waals surface area (Å²) in [5.41, 5.74) is 3.53. The smallest absolute Gasteiger partial charge is 0.247 e. The molecule has 0 bridgehead atoms. The average Bonchev–Trinajstić information content (AvgIpc) is 3.38. The third-order valence-corrected chi connectivity index (χ3v) is 5.40. The summed E-state index contributed by atoms with van der Waals surface area (Å²) in [5, 5.41) is 0. The molecule has 0 radical (unpaired) electrons. The van der Waals surface area contributed by atoms with E-state index in [-0.39, 0.29) is 12.2 Å². The number of carbonyl (C=O) groups excluding carboxylic acids is 1. The zero-order valence-electron chi connectivity index (χ0n) is 17.8. The topological polar surface area (TPSA) is 66.5 Å². The fourth-order valence-corrected chi connectivity index (χ4v) is 3.71. The molecule has 2 aromatic rings. The van der Waals surface area contributed by atoms with E-state index < -0.39 is 0 Å². The minimum atomic E-state index is -0.336. The Morgan fingerprint density at radius 3 is 2.19 bits per heavy atom. The van der Waals surface area contributed by atoms with Gasteiger partial charge in [0.1, 0.15) is 0 Å². The van der Waals surface area contributed by atoms with Crippen LogP contribution in [-0.2, 0) is 19.0 Å². The Kier molecular flexibility index (Phi) is 6.86. The van der Waals surface area contributed by atoms with Crippen molar-refractivity contribution in [1.82, 2.24) is 4.90 Å². The molecule has 0 spiro atoms. The molecule has 7 nitrogen and oxygen atoms in total. The molecule has 0 aliphatic carbocycles. The van der Waals surface area contributed by atoms with Crippen LogP contribution in [0.25, 0.3) is 5.57 Å². The summed E-state index contributed by atoms with van der Waals surface area (Å²) in [7, 11) is 3.20. The van der Waals surface area contributed by atoms with Crippen LogP contribution in [0.1, 0.15) is 23.0 Å². The average molecular weight is 425 g/mol. The van der Waals surface area contributed by atoms with Crippen molar-refractivity contribution in [2.75, 3.05) is 53.7 Å². The van der Waals surface area contributed by atoms with Crippen LogP contribution in [0.4, 0.5) is 0 Å². The third kappa shape index (κ3) is 4.90. The lowest BCUT2D eigenvalue weighted by Gasteiger charge is -2.26. The fourth-order valence-electron chi connectivity index (χ4n) is 3.71. The quantitative estimate of drug-likeness (QED) is 0.663. The highest BCUT2D eigenvalue weighted by atomic mass is 16.7. The summed E-state index contributed by atoms with van der Waals surface area (Å²) < 4.78 is 27.4. The van der Waals surface area contributed by atoms with E-state index in [4.69, 9.17) is 23.7 Å². The van der Waals surface area contributed by atoms with E-state index in [9.17, 15) is 4.79 Å². The van der Waals surface area contributed by atoms with Crippen LogP contribution in [0.2, 0.25) is 0 Å². The van der Waals surface area contributed by atoms with Crippen LogP contribution in [0, 0.1) is 0 Å². The number of benzene rings is 2. The van der Waals surface area contributed by atoms with Crippen molar-refractivity contribution in [2.24, 2.45) is 0 Å². The first-order chi connectivity index (χ1) is 15.2. The second kappa shape index (κ2) is 9.96. The molecule has 0 atom stereocenters. The summed E-state index contributed by atoms with van der Waals surface area (Å²) in [6, 6.07) is 13.6. The Bertz CT molecular complexity index is 928. The van der Waals surface area contributed by atoms with Gasteiger partial charge in [0.25, 0.3) is 0 Å². The van der Waals surface area contributed by atoms with Gasteiger partial charge in [-0.05, 0) is 28.8 Å². The number of morpholine rings is 1. The monoisotopic (exact) mass is 425 g/mol. The maximum atomic E-state index is 13.0. The molecule has 2 saturated heterocycles. The lowest BCUT2D eigenvalue weighted by atomic mass is 9.95. The Balaban J connectivity index is 1.70. The van der Waals surface area contributed by atoms with Crippen molar-refractivity contribution >= 4 is 11.5 Å². The van der Waals surface area contributed by atoms with E-state index in [1.807, 2.05) is 42.5 Å². The minimum absolute atomic E-state index is 0.0420. The molecule has 2 heterocycles. The van der Waals surface area contributed by atoms with Crippen molar-refractivity contribution in [3.05, 3.63) is 65.2 Å². The molecule has 31 heavy (non-hydrogen) atoms. The predicted octanol–water partition coefficient (Wildman–Crippen LogP) is 3.04. The van der Waals surface area contributed by atoms with Gasteiger partial charge in [0.05, 0.1) is 40.6 Å². The molecule has 0 aromatic heterocycles. The van der Waals surface area contributed by atoms with Gasteiger partial charge in [0, 0.05) is 24.7 Å². The van der Waals surface area contributed by atoms with E-state index in [1.165, 1.54) is 0 Å². The highest BCUT2D eigenvalue weighted by Crippen LogP contribution is 2.34. The number of rotatable bonds is 6. The Hall–Kier alpha value is -2.87. The van der Waals surface area contributed by atoms with Crippen LogP contribution < -0.4 is 9.47 Å². The predicted molar refractivity (Wildman–Crippen MR) is 115 cm³/mol. The Morgan fingerprint density at radius 2 is 1.55 bits per heavy atom. The second-order valence-electron chi connectivity index (χ2n) is 7.26. The minimum Gasteiger partial charge on any atom is -0.493 e. The van der Waals surface area contributed by atoms with E-state index in [0.29, 0.717) is 51.0 Å². The number of ether oxygens (including phenoxy) is 5. The van der Waals surface area contributed by atoms with Crippen LogP contribution >= 0.6 is 0 Å². The fraction of sp³-hybridized carbons (Fsp3) is 0.375. The molecule has 0 N–H and O–H groups in total. The maximum absolute atomic E-state index is 13.0. The maximum Gasteiger partial charge on any atom is 0.247 e. The van der Waals surface area contributed by atoms with Gasteiger partial charge in [0.2, 0.25) is 5.91 Å². The van der Waals surface area contributed by atoms with Gasteiger partial charge in [-0.25, -0.2) is 0 Å². The first-order valence-corrected chi connectivity index (χ1v) is 10.3. The molecular formula is C24H27NO6. The van der Waals surface area contributed by atoms with E-state index in [1.54, 1.807) is 25.2 Å². The highest BCUT2D eigenvalue weighted by molar-refractivity contribution is 5.99. The van der Waals surface area contributed by atoms with Gasteiger partial charge in [-0.15, -0.1) is 0 Å². The summed E-state index contributed by atoms with van der Waals surface area (Å²) in [6.07, 6.45) is 1.35. The molecule has 164 valence electrons. The Morgan fingerprint density at radius 1 is 0.903 bits per heavy atom. The van der Waals surface area contributed by atoms with Crippen molar-refractivity contribution in [3.63, 3.8) is 0 Å². The zero-order valence-corrected chi connectivity index (χ0v) is 17.8. The first-order valence-electron chi connectivity index (χ1n) is 10.3.